The highest BCUT2D eigenvalue weighted by Crippen LogP contribution is 2.30. The van der Waals surface area contributed by atoms with E-state index in [-0.39, 0.29) is 18.3 Å². The Kier molecular flexibility index (Phi) is 5.09. The zero-order valence-corrected chi connectivity index (χ0v) is 14.6. The standard InChI is InChI=1S/C19H20BClO3/c1-12(2)9-19-14-8-7-13(10-16(14)20(23)24-19)11-18(22)15-5-3-4-6-17(15)21/h3-8,10,12,19,23H,9,11H2,1-2H3. The van der Waals surface area contributed by atoms with Gasteiger partial charge in [0.25, 0.3) is 0 Å². The SMILES string of the molecule is CC(C)CC1OB(O)c2cc(CC(=O)c3ccccc3Cl)ccc21. The molecule has 0 amide bonds. The van der Waals surface area contributed by atoms with Crippen molar-refractivity contribution in [2.24, 2.45) is 5.92 Å². The largest absolute Gasteiger partial charge is 0.491 e. The fourth-order valence-electron chi connectivity index (χ4n) is 3.12. The minimum Gasteiger partial charge on any atom is -0.423 e. The predicted octanol–water partition coefficient (Wildman–Crippen LogP) is 3.57. The molecular formula is C19H20BClO3. The predicted molar refractivity (Wildman–Crippen MR) is 96.8 cm³/mol. The lowest BCUT2D eigenvalue weighted by atomic mass is 9.77. The van der Waals surface area contributed by atoms with Crippen molar-refractivity contribution in [3.63, 3.8) is 0 Å². The van der Waals surface area contributed by atoms with Gasteiger partial charge >= 0.3 is 7.12 Å². The molecule has 5 heteroatoms. The van der Waals surface area contributed by atoms with E-state index in [1.807, 2.05) is 18.2 Å². The van der Waals surface area contributed by atoms with Crippen LogP contribution in [0.3, 0.4) is 0 Å². The first-order valence-electron chi connectivity index (χ1n) is 8.19. The first-order valence-corrected chi connectivity index (χ1v) is 8.57. The molecule has 0 spiro atoms. The Morgan fingerprint density at radius 3 is 2.75 bits per heavy atom. The van der Waals surface area contributed by atoms with Crippen LogP contribution in [0.15, 0.2) is 42.5 Å². The van der Waals surface area contributed by atoms with Gasteiger partial charge in [-0.15, -0.1) is 0 Å². The van der Waals surface area contributed by atoms with E-state index in [1.54, 1.807) is 24.3 Å². The Labute approximate surface area is 147 Å². The van der Waals surface area contributed by atoms with Gasteiger partial charge in [-0.2, -0.15) is 0 Å². The van der Waals surface area contributed by atoms with Gasteiger partial charge in [0, 0.05) is 12.0 Å². The van der Waals surface area contributed by atoms with Gasteiger partial charge in [-0.1, -0.05) is 55.8 Å². The Morgan fingerprint density at radius 2 is 2.04 bits per heavy atom. The Hall–Kier alpha value is -1.62. The molecule has 1 aliphatic rings. The van der Waals surface area contributed by atoms with Gasteiger partial charge in [-0.3, -0.25) is 4.79 Å². The number of hydrogen-bond donors (Lipinski definition) is 1. The molecule has 2 aromatic carbocycles. The van der Waals surface area contributed by atoms with Crippen LogP contribution < -0.4 is 5.46 Å². The molecule has 0 saturated carbocycles. The van der Waals surface area contributed by atoms with Crippen molar-refractivity contribution in [1.82, 2.24) is 0 Å². The summed E-state index contributed by atoms with van der Waals surface area (Å²) in [6.07, 6.45) is 1.03. The summed E-state index contributed by atoms with van der Waals surface area (Å²) in [5.74, 6) is 0.447. The van der Waals surface area contributed by atoms with Gasteiger partial charge in [0.15, 0.2) is 5.78 Å². The lowest BCUT2D eigenvalue weighted by Gasteiger charge is -2.14. The summed E-state index contributed by atoms with van der Waals surface area (Å²) in [4.78, 5) is 12.4. The zero-order chi connectivity index (χ0) is 17.3. The van der Waals surface area contributed by atoms with Crippen LogP contribution in [0.5, 0.6) is 0 Å². The van der Waals surface area contributed by atoms with E-state index < -0.39 is 7.12 Å². The topological polar surface area (TPSA) is 46.5 Å². The fraction of sp³-hybridized carbons (Fsp3) is 0.316. The highest BCUT2D eigenvalue weighted by atomic mass is 35.5. The second kappa shape index (κ2) is 7.10. The number of benzene rings is 2. The van der Waals surface area contributed by atoms with Crippen molar-refractivity contribution in [2.75, 3.05) is 0 Å². The minimum absolute atomic E-state index is 0.0346. The Balaban J connectivity index is 1.81. The van der Waals surface area contributed by atoms with Crippen molar-refractivity contribution in [2.45, 2.75) is 32.8 Å². The number of fused-ring (bicyclic) bond motifs is 1. The number of carbonyl (C=O) groups is 1. The number of Topliss-reactive ketones (excluding diaryl/α,β-unsaturated/α-hetero) is 1. The molecule has 1 heterocycles. The maximum absolute atomic E-state index is 12.4. The quantitative estimate of drug-likeness (QED) is 0.667. The van der Waals surface area contributed by atoms with Crippen LogP contribution >= 0.6 is 11.6 Å². The van der Waals surface area contributed by atoms with Crippen LogP contribution in [0.1, 0.15) is 47.9 Å². The molecule has 1 atom stereocenters. The average Bonchev–Trinajstić information content (AvgIpc) is 2.83. The smallest absolute Gasteiger partial charge is 0.423 e. The second-order valence-electron chi connectivity index (χ2n) is 6.65. The maximum Gasteiger partial charge on any atom is 0.491 e. The molecule has 3 rings (SSSR count). The van der Waals surface area contributed by atoms with Crippen molar-refractivity contribution >= 4 is 30.0 Å². The van der Waals surface area contributed by atoms with Gasteiger partial charge in [-0.25, -0.2) is 0 Å². The van der Waals surface area contributed by atoms with Crippen molar-refractivity contribution in [3.8, 4) is 0 Å². The third-order valence-corrected chi connectivity index (χ3v) is 4.61. The lowest BCUT2D eigenvalue weighted by molar-refractivity contribution is 0.0993. The molecule has 24 heavy (non-hydrogen) atoms. The minimum atomic E-state index is -0.917. The molecule has 0 bridgehead atoms. The summed E-state index contributed by atoms with van der Waals surface area (Å²) in [5, 5.41) is 10.6. The fourth-order valence-corrected chi connectivity index (χ4v) is 3.36. The number of hydrogen-bond acceptors (Lipinski definition) is 3. The Bertz CT molecular complexity index is 760. The molecule has 2 aromatic rings. The number of rotatable bonds is 5. The van der Waals surface area contributed by atoms with Gasteiger partial charge in [0.1, 0.15) is 0 Å². The number of carbonyl (C=O) groups excluding carboxylic acids is 1. The summed E-state index contributed by atoms with van der Waals surface area (Å²) in [6.45, 7) is 4.26. The van der Waals surface area contributed by atoms with Crippen LogP contribution in [0.25, 0.3) is 0 Å². The van der Waals surface area contributed by atoms with Crippen LogP contribution in [0.4, 0.5) is 0 Å². The Morgan fingerprint density at radius 1 is 1.29 bits per heavy atom. The van der Waals surface area contributed by atoms with Gasteiger partial charge in [0.05, 0.1) is 11.1 Å². The average molecular weight is 343 g/mol. The summed E-state index contributed by atoms with van der Waals surface area (Å²) in [6, 6.07) is 12.8. The molecule has 1 unspecified atom stereocenters. The normalized spacial score (nSPS) is 16.5. The second-order valence-corrected chi connectivity index (χ2v) is 7.06. The molecular weight excluding hydrogens is 322 g/mol. The molecule has 0 saturated heterocycles. The summed E-state index contributed by atoms with van der Waals surface area (Å²) in [5.41, 5.74) is 3.16. The van der Waals surface area contributed by atoms with Crippen LogP contribution in [0, 0.1) is 5.92 Å². The molecule has 1 aliphatic heterocycles. The van der Waals surface area contributed by atoms with Crippen LogP contribution in [0.2, 0.25) is 5.02 Å². The van der Waals surface area contributed by atoms with E-state index in [0.29, 0.717) is 16.5 Å². The van der Waals surface area contributed by atoms with Gasteiger partial charge < -0.3 is 9.68 Å². The number of halogens is 1. The zero-order valence-electron chi connectivity index (χ0n) is 13.8. The highest BCUT2D eigenvalue weighted by Gasteiger charge is 2.35. The first kappa shape index (κ1) is 17.2. The summed E-state index contributed by atoms with van der Waals surface area (Å²) < 4.78 is 5.66. The molecule has 3 nitrogen and oxygen atoms in total. The van der Waals surface area contributed by atoms with E-state index in [4.69, 9.17) is 16.3 Å². The maximum atomic E-state index is 12.4. The van der Waals surface area contributed by atoms with E-state index >= 15 is 0 Å². The van der Waals surface area contributed by atoms with E-state index in [0.717, 1.165) is 23.0 Å². The van der Waals surface area contributed by atoms with E-state index in [2.05, 4.69) is 13.8 Å². The highest BCUT2D eigenvalue weighted by molar-refractivity contribution is 6.61. The monoisotopic (exact) mass is 342 g/mol. The van der Waals surface area contributed by atoms with Gasteiger partial charge in [0.2, 0.25) is 0 Å². The number of ketones is 1. The molecule has 0 aromatic heterocycles. The van der Waals surface area contributed by atoms with Crippen LogP contribution in [-0.2, 0) is 11.1 Å². The first-order chi connectivity index (χ1) is 11.5. The van der Waals surface area contributed by atoms with Crippen LogP contribution in [-0.4, -0.2) is 17.9 Å². The molecule has 1 N–H and O–H groups in total. The van der Waals surface area contributed by atoms with Crippen molar-refractivity contribution in [3.05, 3.63) is 64.2 Å². The van der Waals surface area contributed by atoms with Gasteiger partial charge in [-0.05, 0) is 41.1 Å². The lowest BCUT2D eigenvalue weighted by Crippen LogP contribution is -2.28. The van der Waals surface area contributed by atoms with E-state index in [1.165, 1.54) is 0 Å². The molecule has 124 valence electrons. The van der Waals surface area contributed by atoms with Crippen molar-refractivity contribution in [1.29, 1.82) is 0 Å². The van der Waals surface area contributed by atoms with E-state index in [9.17, 15) is 9.82 Å². The third kappa shape index (κ3) is 3.56. The molecule has 0 fully saturated rings. The van der Waals surface area contributed by atoms with Crippen molar-refractivity contribution < 1.29 is 14.5 Å². The molecule has 0 radical (unpaired) electrons. The summed E-state index contributed by atoms with van der Waals surface area (Å²) >= 11 is 6.09. The molecule has 0 aliphatic carbocycles. The third-order valence-electron chi connectivity index (χ3n) is 4.28. The summed E-state index contributed by atoms with van der Waals surface area (Å²) in [7, 11) is -0.917.